The Balaban J connectivity index is 2.08. The first-order valence-electron chi connectivity index (χ1n) is 7.54. The van der Waals surface area contributed by atoms with Gasteiger partial charge in [-0.05, 0) is 48.0 Å². The summed E-state index contributed by atoms with van der Waals surface area (Å²) in [5.41, 5.74) is 1.49. The Hall–Kier alpha value is -1.82. The van der Waals surface area contributed by atoms with E-state index in [1.165, 1.54) is 16.4 Å². The van der Waals surface area contributed by atoms with Crippen LogP contribution in [0.25, 0.3) is 0 Å². The smallest absolute Gasteiger partial charge is 0.262 e. The molecule has 0 aliphatic carbocycles. The molecule has 3 aromatic rings. The number of hydrogen-bond donors (Lipinski definition) is 0. The molecule has 0 aliphatic heterocycles. The average Bonchev–Trinajstić information content (AvgIpc) is 2.61. The van der Waals surface area contributed by atoms with Crippen molar-refractivity contribution in [2.45, 2.75) is 11.4 Å². The monoisotopic (exact) mass is 435 g/mol. The van der Waals surface area contributed by atoms with Gasteiger partial charge in [0, 0.05) is 9.50 Å². The first kappa shape index (κ1) is 18.0. The van der Waals surface area contributed by atoms with Crippen molar-refractivity contribution >= 4 is 43.2 Å². The van der Waals surface area contributed by atoms with Crippen LogP contribution in [0.1, 0.15) is 5.56 Å². The summed E-state index contributed by atoms with van der Waals surface area (Å²) in [4.78, 5) is 0.202. The fraction of sp³-hybridized carbons (Fsp3) is 0.0526. The van der Waals surface area contributed by atoms with Crippen LogP contribution >= 0.6 is 27.5 Å². The molecule has 0 bridgehead atoms. The van der Waals surface area contributed by atoms with Gasteiger partial charge in [0.15, 0.2) is 0 Å². The molecule has 0 atom stereocenters. The topological polar surface area (TPSA) is 37.4 Å². The van der Waals surface area contributed by atoms with Crippen LogP contribution in [-0.2, 0) is 16.6 Å². The Morgan fingerprint density at radius 3 is 2.20 bits per heavy atom. The Kier molecular flexibility index (Phi) is 5.47. The fourth-order valence-electron chi connectivity index (χ4n) is 2.43. The van der Waals surface area contributed by atoms with Gasteiger partial charge in [0.25, 0.3) is 10.0 Å². The Morgan fingerprint density at radius 1 is 0.880 bits per heavy atom. The normalized spacial score (nSPS) is 11.3. The van der Waals surface area contributed by atoms with Gasteiger partial charge in [-0.2, -0.15) is 0 Å². The second-order valence-corrected chi connectivity index (χ2v) is 8.65. The molecular weight excluding hydrogens is 422 g/mol. The quantitative estimate of drug-likeness (QED) is 0.530. The van der Waals surface area contributed by atoms with Crippen molar-refractivity contribution in [3.05, 3.63) is 93.9 Å². The first-order valence-corrected chi connectivity index (χ1v) is 10.2. The molecule has 0 saturated carbocycles. The van der Waals surface area contributed by atoms with E-state index in [1.54, 1.807) is 24.3 Å². The summed E-state index contributed by atoms with van der Waals surface area (Å²) in [6, 6.07) is 22.9. The van der Waals surface area contributed by atoms with E-state index in [0.717, 1.165) is 10.0 Å². The summed E-state index contributed by atoms with van der Waals surface area (Å²) in [6.45, 7) is 0.238. The molecule has 0 unspecified atom stereocenters. The van der Waals surface area contributed by atoms with Gasteiger partial charge in [-0.1, -0.05) is 63.9 Å². The summed E-state index contributed by atoms with van der Waals surface area (Å²) >= 11 is 9.30. The van der Waals surface area contributed by atoms with E-state index >= 15 is 0 Å². The minimum atomic E-state index is -3.73. The zero-order chi connectivity index (χ0) is 17.9. The Labute approximate surface area is 161 Å². The molecule has 6 heteroatoms. The van der Waals surface area contributed by atoms with Crippen molar-refractivity contribution in [1.82, 2.24) is 0 Å². The lowest BCUT2D eigenvalue weighted by Crippen LogP contribution is -2.30. The SMILES string of the molecule is O=S(=O)(c1ccc(Cl)cc1)N(Cc1ccccc1)c1cccc(Br)c1. The molecule has 0 spiro atoms. The maximum atomic E-state index is 13.2. The van der Waals surface area contributed by atoms with E-state index in [2.05, 4.69) is 15.9 Å². The second kappa shape index (κ2) is 7.60. The van der Waals surface area contributed by atoms with E-state index in [0.29, 0.717) is 10.7 Å². The van der Waals surface area contributed by atoms with Crippen molar-refractivity contribution in [1.29, 1.82) is 0 Å². The van der Waals surface area contributed by atoms with Crippen LogP contribution in [0.2, 0.25) is 5.02 Å². The van der Waals surface area contributed by atoms with Crippen molar-refractivity contribution < 1.29 is 8.42 Å². The van der Waals surface area contributed by atoms with E-state index in [-0.39, 0.29) is 11.4 Å². The first-order chi connectivity index (χ1) is 12.0. The largest absolute Gasteiger partial charge is 0.264 e. The van der Waals surface area contributed by atoms with Crippen LogP contribution in [0.4, 0.5) is 5.69 Å². The maximum Gasteiger partial charge on any atom is 0.264 e. The minimum absolute atomic E-state index is 0.202. The molecule has 25 heavy (non-hydrogen) atoms. The second-order valence-electron chi connectivity index (χ2n) is 5.43. The predicted molar refractivity (Wildman–Crippen MR) is 105 cm³/mol. The van der Waals surface area contributed by atoms with Gasteiger partial charge in [-0.3, -0.25) is 4.31 Å². The predicted octanol–water partition coefficient (Wildman–Crippen LogP) is 5.50. The van der Waals surface area contributed by atoms with Crippen LogP contribution in [0.3, 0.4) is 0 Å². The van der Waals surface area contributed by atoms with Crippen molar-refractivity contribution in [2.75, 3.05) is 4.31 Å². The number of hydrogen-bond acceptors (Lipinski definition) is 2. The highest BCUT2D eigenvalue weighted by Gasteiger charge is 2.25. The van der Waals surface area contributed by atoms with Crippen LogP contribution in [0, 0.1) is 0 Å². The van der Waals surface area contributed by atoms with Gasteiger partial charge in [0.2, 0.25) is 0 Å². The summed E-state index contributed by atoms with van der Waals surface area (Å²) in [6.07, 6.45) is 0. The zero-order valence-corrected chi connectivity index (χ0v) is 16.3. The van der Waals surface area contributed by atoms with Gasteiger partial charge in [0.1, 0.15) is 0 Å². The van der Waals surface area contributed by atoms with Crippen molar-refractivity contribution in [3.8, 4) is 0 Å². The summed E-state index contributed by atoms with van der Waals surface area (Å²) in [7, 11) is -3.73. The highest BCUT2D eigenvalue weighted by Crippen LogP contribution is 2.28. The van der Waals surface area contributed by atoms with Crippen LogP contribution in [0.5, 0.6) is 0 Å². The highest BCUT2D eigenvalue weighted by atomic mass is 79.9. The van der Waals surface area contributed by atoms with Gasteiger partial charge >= 0.3 is 0 Å². The Morgan fingerprint density at radius 2 is 1.56 bits per heavy atom. The third-order valence-electron chi connectivity index (χ3n) is 3.67. The van der Waals surface area contributed by atoms with Gasteiger partial charge < -0.3 is 0 Å². The summed E-state index contributed by atoms with van der Waals surface area (Å²) < 4.78 is 28.7. The lowest BCUT2D eigenvalue weighted by Gasteiger charge is -2.25. The van der Waals surface area contributed by atoms with Crippen molar-refractivity contribution in [2.24, 2.45) is 0 Å². The molecule has 3 aromatic carbocycles. The molecule has 3 nitrogen and oxygen atoms in total. The van der Waals surface area contributed by atoms with E-state index in [9.17, 15) is 8.42 Å². The lowest BCUT2D eigenvalue weighted by molar-refractivity contribution is 0.590. The number of halogens is 2. The molecule has 0 amide bonds. The number of benzene rings is 3. The molecule has 0 N–H and O–H groups in total. The molecule has 0 heterocycles. The molecular formula is C19H15BrClNO2S. The zero-order valence-electron chi connectivity index (χ0n) is 13.1. The average molecular weight is 437 g/mol. The van der Waals surface area contributed by atoms with Gasteiger partial charge in [-0.15, -0.1) is 0 Å². The third-order valence-corrected chi connectivity index (χ3v) is 6.20. The highest BCUT2D eigenvalue weighted by molar-refractivity contribution is 9.10. The number of nitrogens with zero attached hydrogens (tertiary/aromatic N) is 1. The van der Waals surface area contributed by atoms with E-state index in [1.807, 2.05) is 42.5 Å². The third kappa shape index (κ3) is 4.24. The van der Waals surface area contributed by atoms with Crippen molar-refractivity contribution in [3.63, 3.8) is 0 Å². The maximum absolute atomic E-state index is 13.2. The molecule has 0 fully saturated rings. The number of anilines is 1. The number of sulfonamides is 1. The fourth-order valence-corrected chi connectivity index (χ4v) is 4.39. The van der Waals surface area contributed by atoms with Gasteiger partial charge in [-0.25, -0.2) is 8.42 Å². The Bertz CT molecular complexity index is 960. The molecule has 128 valence electrons. The van der Waals surface area contributed by atoms with Crippen LogP contribution in [0.15, 0.2) is 88.2 Å². The molecule has 0 aliphatic rings. The molecule has 0 radical (unpaired) electrons. The minimum Gasteiger partial charge on any atom is -0.262 e. The summed E-state index contributed by atoms with van der Waals surface area (Å²) in [5, 5.41) is 0.496. The van der Waals surface area contributed by atoms with E-state index in [4.69, 9.17) is 11.6 Å². The van der Waals surface area contributed by atoms with E-state index < -0.39 is 10.0 Å². The summed E-state index contributed by atoms with van der Waals surface area (Å²) in [5.74, 6) is 0. The lowest BCUT2D eigenvalue weighted by atomic mass is 10.2. The van der Waals surface area contributed by atoms with Gasteiger partial charge in [0.05, 0.1) is 17.1 Å². The number of rotatable bonds is 5. The molecule has 0 aromatic heterocycles. The molecule has 0 saturated heterocycles. The van der Waals surface area contributed by atoms with Crippen LogP contribution in [-0.4, -0.2) is 8.42 Å². The standard InChI is InChI=1S/C19H15BrClNO2S/c20-16-7-4-8-18(13-16)22(14-15-5-2-1-3-6-15)25(23,24)19-11-9-17(21)10-12-19/h1-13H,14H2. The molecule has 3 rings (SSSR count). The van der Waals surface area contributed by atoms with Crippen LogP contribution < -0.4 is 4.31 Å².